The first-order valence-electron chi connectivity index (χ1n) is 7.26. The van der Waals surface area contributed by atoms with Crippen molar-refractivity contribution in [3.63, 3.8) is 0 Å². The molecule has 2 aromatic heterocycles. The minimum absolute atomic E-state index is 0.122. The van der Waals surface area contributed by atoms with E-state index in [1.165, 1.54) is 0 Å². The summed E-state index contributed by atoms with van der Waals surface area (Å²) in [6.45, 7) is 4.27. The van der Waals surface area contributed by atoms with Gasteiger partial charge in [-0.25, -0.2) is 9.50 Å². The van der Waals surface area contributed by atoms with Crippen molar-refractivity contribution in [2.24, 2.45) is 0 Å². The molecule has 118 valence electrons. The number of carbonyl (C=O) groups is 1. The van der Waals surface area contributed by atoms with Crippen LogP contribution in [0, 0.1) is 13.8 Å². The first kappa shape index (κ1) is 15.4. The van der Waals surface area contributed by atoms with Crippen LogP contribution in [0.2, 0.25) is 5.02 Å². The van der Waals surface area contributed by atoms with Gasteiger partial charge in [0.05, 0.1) is 0 Å². The molecule has 3 aromatic rings. The third-order valence-corrected chi connectivity index (χ3v) is 3.64. The second kappa shape index (κ2) is 6.34. The fourth-order valence-corrected chi connectivity index (χ4v) is 2.57. The van der Waals surface area contributed by atoms with Gasteiger partial charge in [-0.15, -0.1) is 5.10 Å². The van der Waals surface area contributed by atoms with Gasteiger partial charge in [-0.2, -0.15) is 4.98 Å². The van der Waals surface area contributed by atoms with Gasteiger partial charge in [0.2, 0.25) is 5.82 Å². The minimum atomic E-state index is -0.311. The fraction of sp³-hybridized carbons (Fsp3) is 0.250. The van der Waals surface area contributed by atoms with Gasteiger partial charge in [0.15, 0.2) is 0 Å². The Morgan fingerprint density at radius 2 is 2.09 bits per heavy atom. The molecule has 3 rings (SSSR count). The summed E-state index contributed by atoms with van der Waals surface area (Å²) in [5.41, 5.74) is 2.79. The summed E-state index contributed by atoms with van der Waals surface area (Å²) in [5, 5.41) is 7.70. The van der Waals surface area contributed by atoms with Crippen LogP contribution in [-0.4, -0.2) is 32.0 Å². The van der Waals surface area contributed by atoms with E-state index < -0.39 is 0 Å². The average molecular weight is 330 g/mol. The SMILES string of the molecule is Cc1cc(C)n2nc(C(=O)NCCc3cccc(Cl)c3)nc2n1. The Hall–Kier alpha value is -2.47. The molecule has 0 aliphatic heterocycles. The van der Waals surface area contributed by atoms with Crippen molar-refractivity contribution in [2.45, 2.75) is 20.3 Å². The molecule has 0 spiro atoms. The number of amides is 1. The second-order valence-corrected chi connectivity index (χ2v) is 5.76. The smallest absolute Gasteiger partial charge is 0.291 e. The zero-order chi connectivity index (χ0) is 16.4. The molecule has 1 N–H and O–H groups in total. The van der Waals surface area contributed by atoms with Crippen molar-refractivity contribution in [1.29, 1.82) is 0 Å². The molecule has 0 aliphatic rings. The summed E-state index contributed by atoms with van der Waals surface area (Å²) in [6.07, 6.45) is 0.691. The van der Waals surface area contributed by atoms with Gasteiger partial charge in [0.1, 0.15) is 0 Å². The van der Waals surface area contributed by atoms with Crippen LogP contribution in [0.25, 0.3) is 5.78 Å². The first-order chi connectivity index (χ1) is 11.0. The molecule has 0 unspecified atom stereocenters. The van der Waals surface area contributed by atoms with E-state index in [4.69, 9.17) is 11.6 Å². The molecule has 1 amide bonds. The molecule has 0 saturated heterocycles. The quantitative estimate of drug-likeness (QED) is 0.797. The largest absolute Gasteiger partial charge is 0.349 e. The topological polar surface area (TPSA) is 72.2 Å². The van der Waals surface area contributed by atoms with Crippen LogP contribution in [0.3, 0.4) is 0 Å². The van der Waals surface area contributed by atoms with Crippen molar-refractivity contribution in [1.82, 2.24) is 24.9 Å². The van der Waals surface area contributed by atoms with Crippen molar-refractivity contribution < 1.29 is 4.79 Å². The number of carbonyl (C=O) groups excluding carboxylic acids is 1. The van der Waals surface area contributed by atoms with Crippen molar-refractivity contribution in [3.8, 4) is 0 Å². The molecule has 6 nitrogen and oxygen atoms in total. The van der Waals surface area contributed by atoms with E-state index in [9.17, 15) is 4.79 Å². The zero-order valence-corrected chi connectivity index (χ0v) is 13.6. The van der Waals surface area contributed by atoms with Crippen LogP contribution in [0.1, 0.15) is 27.6 Å². The zero-order valence-electron chi connectivity index (χ0n) is 12.9. The normalized spacial score (nSPS) is 10.9. The van der Waals surface area contributed by atoms with Gasteiger partial charge in [-0.05, 0) is 44.0 Å². The number of fused-ring (bicyclic) bond motifs is 1. The van der Waals surface area contributed by atoms with E-state index in [-0.39, 0.29) is 11.7 Å². The molecule has 0 saturated carbocycles. The van der Waals surface area contributed by atoms with Crippen LogP contribution < -0.4 is 5.32 Å². The van der Waals surface area contributed by atoms with Crippen LogP contribution >= 0.6 is 11.6 Å². The fourth-order valence-electron chi connectivity index (χ4n) is 2.35. The summed E-state index contributed by atoms with van der Waals surface area (Å²) < 4.78 is 1.57. The highest BCUT2D eigenvalue weighted by atomic mass is 35.5. The monoisotopic (exact) mass is 329 g/mol. The first-order valence-corrected chi connectivity index (χ1v) is 7.64. The molecule has 0 radical (unpaired) electrons. The summed E-state index contributed by atoms with van der Waals surface area (Å²) in [4.78, 5) is 20.6. The molecule has 0 fully saturated rings. The number of halogens is 1. The Labute approximate surface area is 138 Å². The molecule has 0 bridgehead atoms. The average Bonchev–Trinajstić information content (AvgIpc) is 2.91. The summed E-state index contributed by atoms with van der Waals surface area (Å²) in [5.74, 6) is 0.245. The predicted molar refractivity (Wildman–Crippen MR) is 87.7 cm³/mol. The summed E-state index contributed by atoms with van der Waals surface area (Å²) in [6, 6.07) is 9.45. The lowest BCUT2D eigenvalue weighted by Gasteiger charge is -2.03. The number of hydrogen-bond acceptors (Lipinski definition) is 4. The Balaban J connectivity index is 1.67. The molecule has 7 heteroatoms. The second-order valence-electron chi connectivity index (χ2n) is 5.32. The van der Waals surface area contributed by atoms with Crippen molar-refractivity contribution in [2.75, 3.05) is 6.54 Å². The van der Waals surface area contributed by atoms with Crippen LogP contribution in [0.5, 0.6) is 0 Å². The van der Waals surface area contributed by atoms with Gasteiger partial charge in [0.25, 0.3) is 11.7 Å². The predicted octanol–water partition coefficient (Wildman–Crippen LogP) is 2.37. The standard InChI is InChI=1S/C16H16ClN5O/c1-10-8-11(2)22-16(19-10)20-14(21-22)15(23)18-7-6-12-4-3-5-13(17)9-12/h3-5,8-9H,6-7H2,1-2H3,(H,18,23). The number of rotatable bonds is 4. The van der Waals surface area contributed by atoms with Gasteiger partial charge in [0, 0.05) is 23.0 Å². The summed E-state index contributed by atoms with van der Waals surface area (Å²) >= 11 is 5.94. The Morgan fingerprint density at radius 3 is 2.87 bits per heavy atom. The van der Waals surface area contributed by atoms with E-state index >= 15 is 0 Å². The van der Waals surface area contributed by atoms with E-state index in [0.717, 1.165) is 17.0 Å². The third kappa shape index (κ3) is 3.48. The molecule has 0 atom stereocenters. The highest BCUT2D eigenvalue weighted by Gasteiger charge is 2.14. The lowest BCUT2D eigenvalue weighted by Crippen LogP contribution is -2.26. The summed E-state index contributed by atoms with van der Waals surface area (Å²) in [7, 11) is 0. The minimum Gasteiger partial charge on any atom is -0.349 e. The van der Waals surface area contributed by atoms with Gasteiger partial charge in [-0.3, -0.25) is 4.79 Å². The number of nitrogens with zero attached hydrogens (tertiary/aromatic N) is 4. The van der Waals surface area contributed by atoms with E-state index in [1.54, 1.807) is 4.52 Å². The van der Waals surface area contributed by atoms with Crippen LogP contribution in [0.15, 0.2) is 30.3 Å². The Kier molecular flexibility index (Phi) is 4.25. The Bertz CT molecular complexity index is 874. The van der Waals surface area contributed by atoms with Crippen LogP contribution in [0.4, 0.5) is 0 Å². The lowest BCUT2D eigenvalue weighted by atomic mass is 10.1. The van der Waals surface area contributed by atoms with Crippen molar-refractivity contribution in [3.05, 3.63) is 58.1 Å². The van der Waals surface area contributed by atoms with Gasteiger partial charge < -0.3 is 5.32 Å². The molecular weight excluding hydrogens is 314 g/mol. The number of nitrogens with one attached hydrogen (secondary N) is 1. The molecule has 0 aliphatic carbocycles. The number of benzene rings is 1. The van der Waals surface area contributed by atoms with E-state index in [2.05, 4.69) is 20.4 Å². The molecule has 1 aromatic carbocycles. The maximum atomic E-state index is 12.2. The van der Waals surface area contributed by atoms with Crippen LogP contribution in [-0.2, 0) is 6.42 Å². The Morgan fingerprint density at radius 1 is 1.26 bits per heavy atom. The number of aryl methyl sites for hydroxylation is 2. The van der Waals surface area contributed by atoms with Gasteiger partial charge >= 0.3 is 0 Å². The maximum absolute atomic E-state index is 12.2. The number of aromatic nitrogens is 4. The van der Waals surface area contributed by atoms with E-state index in [1.807, 2.05) is 44.2 Å². The highest BCUT2D eigenvalue weighted by Crippen LogP contribution is 2.10. The highest BCUT2D eigenvalue weighted by molar-refractivity contribution is 6.30. The number of hydrogen-bond donors (Lipinski definition) is 1. The molecule has 23 heavy (non-hydrogen) atoms. The van der Waals surface area contributed by atoms with Gasteiger partial charge in [-0.1, -0.05) is 23.7 Å². The maximum Gasteiger partial charge on any atom is 0.291 e. The van der Waals surface area contributed by atoms with E-state index in [0.29, 0.717) is 23.8 Å². The third-order valence-electron chi connectivity index (χ3n) is 3.41. The molecule has 2 heterocycles. The molecular formula is C16H16ClN5O. The van der Waals surface area contributed by atoms with Crippen molar-refractivity contribution >= 4 is 23.3 Å². The lowest BCUT2D eigenvalue weighted by molar-refractivity contribution is 0.0944.